The molecule has 68 valence electrons. The van der Waals surface area contributed by atoms with Gasteiger partial charge in [0.05, 0.1) is 12.5 Å². The minimum absolute atomic E-state index is 0.0528. The Labute approximate surface area is 77.4 Å². The first kappa shape index (κ1) is 9.65. The maximum atomic E-state index is 11.3. The highest BCUT2D eigenvalue weighted by Crippen LogP contribution is 2.33. The summed E-state index contributed by atoms with van der Waals surface area (Å²) in [6, 6.07) is 0. The van der Waals surface area contributed by atoms with Crippen LogP contribution in [-0.2, 0) is 9.53 Å². The van der Waals surface area contributed by atoms with Crippen molar-refractivity contribution in [3.63, 3.8) is 0 Å². The fourth-order valence-electron chi connectivity index (χ4n) is 1.08. The van der Waals surface area contributed by atoms with Gasteiger partial charge in [0.25, 0.3) is 0 Å². The minimum atomic E-state index is -0.0528. The van der Waals surface area contributed by atoms with Gasteiger partial charge in [-0.2, -0.15) is 0 Å². The predicted octanol–water partition coefficient (Wildman–Crippen LogP) is 2.21. The van der Waals surface area contributed by atoms with E-state index in [9.17, 15) is 4.79 Å². The van der Waals surface area contributed by atoms with Gasteiger partial charge in [-0.1, -0.05) is 13.5 Å². The fourth-order valence-corrected chi connectivity index (χ4v) is 2.09. The Hall–Kier alpha value is -0.440. The molecule has 1 unspecified atom stereocenters. The van der Waals surface area contributed by atoms with Crippen LogP contribution in [0.4, 0.5) is 0 Å². The van der Waals surface area contributed by atoms with Crippen LogP contribution in [-0.4, -0.2) is 18.3 Å². The highest BCUT2D eigenvalue weighted by atomic mass is 32.2. The van der Waals surface area contributed by atoms with Gasteiger partial charge in [-0.25, -0.2) is 0 Å². The summed E-state index contributed by atoms with van der Waals surface area (Å²) in [7, 11) is 0. The van der Waals surface area contributed by atoms with Gasteiger partial charge < -0.3 is 4.74 Å². The zero-order chi connectivity index (χ0) is 8.97. The molecule has 12 heavy (non-hydrogen) atoms. The quantitative estimate of drug-likeness (QED) is 0.632. The van der Waals surface area contributed by atoms with Crippen LogP contribution in [0.3, 0.4) is 0 Å². The van der Waals surface area contributed by atoms with E-state index < -0.39 is 0 Å². The van der Waals surface area contributed by atoms with Crippen molar-refractivity contribution in [2.24, 2.45) is 5.92 Å². The maximum absolute atomic E-state index is 11.3. The second-order valence-corrected chi connectivity index (χ2v) is 4.12. The van der Waals surface area contributed by atoms with E-state index in [1.54, 1.807) is 11.8 Å². The van der Waals surface area contributed by atoms with E-state index in [0.29, 0.717) is 6.61 Å². The van der Waals surface area contributed by atoms with Gasteiger partial charge in [0.2, 0.25) is 0 Å². The molecule has 1 aliphatic rings. The molecule has 0 radical (unpaired) electrons. The van der Waals surface area contributed by atoms with Crippen molar-refractivity contribution >= 4 is 17.7 Å². The van der Waals surface area contributed by atoms with Crippen molar-refractivity contribution in [1.29, 1.82) is 0 Å². The summed E-state index contributed by atoms with van der Waals surface area (Å²) in [5.41, 5.74) is 0. The van der Waals surface area contributed by atoms with E-state index in [2.05, 4.69) is 6.58 Å². The van der Waals surface area contributed by atoms with Crippen LogP contribution in [0.2, 0.25) is 0 Å². The summed E-state index contributed by atoms with van der Waals surface area (Å²) < 4.78 is 5.03. The highest BCUT2D eigenvalue weighted by Gasteiger charge is 2.26. The first-order valence-corrected chi connectivity index (χ1v) is 5.19. The Bertz CT molecular complexity index is 189. The third kappa shape index (κ3) is 2.55. The van der Waals surface area contributed by atoms with Crippen LogP contribution in [0.1, 0.15) is 19.8 Å². The van der Waals surface area contributed by atoms with E-state index in [0.717, 1.165) is 23.5 Å². The van der Waals surface area contributed by atoms with Crippen LogP contribution in [0.5, 0.6) is 0 Å². The summed E-state index contributed by atoms with van der Waals surface area (Å²) in [4.78, 5) is 12.4. The number of carbonyl (C=O) groups excluding carboxylic acids is 1. The Balaban J connectivity index is 2.28. The standard InChI is InChI=1S/C9H14O2S/c1-3-4-11-9(10)8-5-7(2)12-6-8/h8H,2-6H2,1H3. The molecule has 1 aliphatic heterocycles. The Morgan fingerprint density at radius 3 is 3.08 bits per heavy atom. The summed E-state index contributed by atoms with van der Waals surface area (Å²) in [5.74, 6) is 0.860. The average molecular weight is 186 g/mol. The molecule has 2 nitrogen and oxygen atoms in total. The lowest BCUT2D eigenvalue weighted by Crippen LogP contribution is -2.17. The molecule has 1 saturated heterocycles. The molecule has 0 bridgehead atoms. The Morgan fingerprint density at radius 1 is 1.83 bits per heavy atom. The van der Waals surface area contributed by atoms with Gasteiger partial charge in [0, 0.05) is 5.75 Å². The van der Waals surface area contributed by atoms with Gasteiger partial charge in [-0.3, -0.25) is 4.79 Å². The molecular formula is C9H14O2S. The van der Waals surface area contributed by atoms with E-state index in [1.807, 2.05) is 6.92 Å². The Kier molecular flexibility index (Phi) is 3.66. The molecule has 1 heterocycles. The molecule has 0 aliphatic carbocycles. The monoisotopic (exact) mass is 186 g/mol. The number of allylic oxidation sites excluding steroid dienone is 1. The van der Waals surface area contributed by atoms with Crippen LogP contribution >= 0.6 is 11.8 Å². The lowest BCUT2D eigenvalue weighted by molar-refractivity contribution is -0.147. The molecule has 0 amide bonds. The second-order valence-electron chi connectivity index (χ2n) is 2.92. The number of carbonyl (C=O) groups is 1. The van der Waals surface area contributed by atoms with Crippen molar-refractivity contribution < 1.29 is 9.53 Å². The van der Waals surface area contributed by atoms with Gasteiger partial charge in [0.1, 0.15) is 0 Å². The second kappa shape index (κ2) is 4.55. The topological polar surface area (TPSA) is 26.3 Å². The predicted molar refractivity (Wildman–Crippen MR) is 51.0 cm³/mol. The molecule has 1 fully saturated rings. The van der Waals surface area contributed by atoms with Gasteiger partial charge in [-0.15, -0.1) is 11.8 Å². The summed E-state index contributed by atoms with van der Waals surface area (Å²) in [6.07, 6.45) is 1.69. The molecule has 0 aromatic rings. The van der Waals surface area contributed by atoms with Crippen molar-refractivity contribution in [3.8, 4) is 0 Å². The summed E-state index contributed by atoms with van der Waals surface area (Å²) in [6.45, 7) is 6.37. The van der Waals surface area contributed by atoms with E-state index in [-0.39, 0.29) is 11.9 Å². The molecule has 1 atom stereocenters. The van der Waals surface area contributed by atoms with Crippen molar-refractivity contribution in [3.05, 3.63) is 11.5 Å². The minimum Gasteiger partial charge on any atom is -0.465 e. The van der Waals surface area contributed by atoms with E-state index in [1.165, 1.54) is 0 Å². The molecule has 0 N–H and O–H groups in total. The molecule has 0 aromatic heterocycles. The van der Waals surface area contributed by atoms with Crippen LogP contribution in [0.25, 0.3) is 0 Å². The lowest BCUT2D eigenvalue weighted by Gasteiger charge is -2.06. The molecule has 1 rings (SSSR count). The molecule has 3 heteroatoms. The SMILES string of the molecule is C=C1CC(C(=O)OCCC)CS1. The number of hydrogen-bond acceptors (Lipinski definition) is 3. The number of ether oxygens (including phenoxy) is 1. The van der Waals surface area contributed by atoms with E-state index in [4.69, 9.17) is 4.74 Å². The molecule has 0 spiro atoms. The zero-order valence-corrected chi connectivity index (χ0v) is 8.15. The molecule has 0 aromatic carbocycles. The van der Waals surface area contributed by atoms with Crippen molar-refractivity contribution in [2.45, 2.75) is 19.8 Å². The largest absolute Gasteiger partial charge is 0.465 e. The fraction of sp³-hybridized carbons (Fsp3) is 0.667. The third-order valence-electron chi connectivity index (χ3n) is 1.74. The van der Waals surface area contributed by atoms with Gasteiger partial charge >= 0.3 is 5.97 Å². The van der Waals surface area contributed by atoms with Crippen LogP contribution in [0, 0.1) is 5.92 Å². The third-order valence-corrected chi connectivity index (χ3v) is 2.89. The number of hydrogen-bond donors (Lipinski definition) is 0. The smallest absolute Gasteiger partial charge is 0.310 e. The van der Waals surface area contributed by atoms with Crippen molar-refractivity contribution in [1.82, 2.24) is 0 Å². The molecular weight excluding hydrogens is 172 g/mol. The lowest BCUT2D eigenvalue weighted by atomic mass is 10.1. The zero-order valence-electron chi connectivity index (χ0n) is 7.34. The van der Waals surface area contributed by atoms with E-state index >= 15 is 0 Å². The van der Waals surface area contributed by atoms with Crippen LogP contribution in [0.15, 0.2) is 11.5 Å². The first-order chi connectivity index (χ1) is 5.74. The maximum Gasteiger partial charge on any atom is 0.310 e. The number of thioether (sulfide) groups is 1. The first-order valence-electron chi connectivity index (χ1n) is 4.21. The van der Waals surface area contributed by atoms with Crippen LogP contribution < -0.4 is 0 Å². The normalized spacial score (nSPS) is 22.8. The average Bonchev–Trinajstić information content (AvgIpc) is 2.47. The van der Waals surface area contributed by atoms with Crippen molar-refractivity contribution in [2.75, 3.05) is 12.4 Å². The Morgan fingerprint density at radius 2 is 2.58 bits per heavy atom. The summed E-state index contributed by atoms with van der Waals surface area (Å²) >= 11 is 1.67. The summed E-state index contributed by atoms with van der Waals surface area (Å²) in [5, 5.41) is 0. The number of esters is 1. The van der Waals surface area contributed by atoms with Gasteiger partial charge in [-0.05, 0) is 17.7 Å². The highest BCUT2D eigenvalue weighted by molar-refractivity contribution is 8.03. The van der Waals surface area contributed by atoms with Gasteiger partial charge in [0.15, 0.2) is 0 Å². The number of rotatable bonds is 3. The molecule has 0 saturated carbocycles.